The number of hydrogen-bond donors (Lipinski definition) is 0. The molecule has 1 aliphatic heterocycles. The van der Waals surface area contributed by atoms with Crippen molar-refractivity contribution in [2.24, 2.45) is 0 Å². The summed E-state index contributed by atoms with van der Waals surface area (Å²) in [5, 5.41) is 0.0869. The first-order chi connectivity index (χ1) is 8.65. The fourth-order valence-electron chi connectivity index (χ4n) is 2.01. The van der Waals surface area contributed by atoms with Crippen LogP contribution < -0.4 is 0 Å². The quantitative estimate of drug-likeness (QED) is 0.731. The molecule has 2 rings (SSSR count). The molecule has 5 heteroatoms. The molecule has 0 saturated carbocycles. The molecule has 0 atom stereocenters. The van der Waals surface area contributed by atoms with Crippen molar-refractivity contribution in [1.82, 2.24) is 0 Å². The lowest BCUT2D eigenvalue weighted by Gasteiger charge is -2.38. The molecule has 1 saturated heterocycles. The number of carbonyl (C=O) groups is 1. The van der Waals surface area contributed by atoms with E-state index in [9.17, 15) is 4.79 Å². The molecule has 0 N–H and O–H groups in total. The van der Waals surface area contributed by atoms with E-state index in [1.54, 1.807) is 0 Å². The van der Waals surface area contributed by atoms with E-state index in [0.717, 1.165) is 0 Å². The van der Waals surface area contributed by atoms with E-state index in [-0.39, 0.29) is 17.2 Å². The molecular formula is C14H24O4Si. The van der Waals surface area contributed by atoms with Gasteiger partial charge in [-0.05, 0) is 24.2 Å². The summed E-state index contributed by atoms with van der Waals surface area (Å²) in [5.41, 5.74) is 0. The zero-order chi connectivity index (χ0) is 14.3. The van der Waals surface area contributed by atoms with Crippen LogP contribution in [-0.2, 0) is 18.7 Å². The summed E-state index contributed by atoms with van der Waals surface area (Å²) in [6.07, 6.45) is 2.72. The topological polar surface area (TPSA) is 44.8 Å². The van der Waals surface area contributed by atoms with Gasteiger partial charge >= 0.3 is 0 Å². The molecule has 0 bridgehead atoms. The average molecular weight is 284 g/mol. The van der Waals surface area contributed by atoms with Crippen molar-refractivity contribution in [2.75, 3.05) is 13.2 Å². The van der Waals surface area contributed by atoms with E-state index in [1.807, 2.05) is 6.08 Å². The van der Waals surface area contributed by atoms with Crippen LogP contribution >= 0.6 is 0 Å². The van der Waals surface area contributed by atoms with Gasteiger partial charge in [0.2, 0.25) is 5.78 Å². The fourth-order valence-corrected chi connectivity index (χ4v) is 3.06. The van der Waals surface area contributed by atoms with Crippen LogP contribution in [0.1, 0.15) is 33.6 Å². The molecule has 1 fully saturated rings. The molecule has 0 radical (unpaired) electrons. The van der Waals surface area contributed by atoms with E-state index in [2.05, 4.69) is 33.9 Å². The summed E-state index contributed by atoms with van der Waals surface area (Å²) in [4.78, 5) is 12.2. The summed E-state index contributed by atoms with van der Waals surface area (Å²) in [7, 11) is -1.96. The monoisotopic (exact) mass is 284 g/mol. The molecule has 0 aromatic carbocycles. The van der Waals surface area contributed by atoms with E-state index in [4.69, 9.17) is 13.9 Å². The smallest absolute Gasteiger partial charge is 0.250 e. The third-order valence-electron chi connectivity index (χ3n) is 4.29. The molecule has 0 amide bonds. The SMILES string of the molecule is CC(C)(C)[Si](C)(C)OC1=CCC2(CC1=O)OCCO2. The zero-order valence-corrected chi connectivity index (χ0v) is 13.5. The first-order valence-electron chi connectivity index (χ1n) is 6.86. The van der Waals surface area contributed by atoms with E-state index in [1.165, 1.54) is 0 Å². The van der Waals surface area contributed by atoms with Crippen LogP contribution in [0.3, 0.4) is 0 Å². The molecule has 0 unspecified atom stereocenters. The summed E-state index contributed by atoms with van der Waals surface area (Å²) in [6, 6.07) is 0. The van der Waals surface area contributed by atoms with Crippen molar-refractivity contribution in [3.8, 4) is 0 Å². The molecule has 4 nitrogen and oxygen atoms in total. The highest BCUT2D eigenvalue weighted by Gasteiger charge is 2.45. The number of rotatable bonds is 2. The Kier molecular flexibility index (Phi) is 3.66. The highest BCUT2D eigenvalue weighted by molar-refractivity contribution is 6.74. The summed E-state index contributed by atoms with van der Waals surface area (Å²) in [6.45, 7) is 11.9. The Balaban J connectivity index is 2.10. The van der Waals surface area contributed by atoms with Crippen LogP contribution in [0.5, 0.6) is 0 Å². The van der Waals surface area contributed by atoms with Gasteiger partial charge in [0.15, 0.2) is 5.79 Å². The van der Waals surface area contributed by atoms with Gasteiger partial charge in [0.1, 0.15) is 5.76 Å². The molecule has 1 heterocycles. The van der Waals surface area contributed by atoms with Crippen molar-refractivity contribution in [1.29, 1.82) is 0 Å². The lowest BCUT2D eigenvalue weighted by atomic mass is 9.98. The average Bonchev–Trinajstić information content (AvgIpc) is 2.69. The van der Waals surface area contributed by atoms with Gasteiger partial charge in [-0.3, -0.25) is 4.79 Å². The van der Waals surface area contributed by atoms with E-state index in [0.29, 0.717) is 25.4 Å². The Morgan fingerprint density at radius 2 is 1.84 bits per heavy atom. The maximum atomic E-state index is 12.2. The Morgan fingerprint density at radius 1 is 1.26 bits per heavy atom. The number of ether oxygens (including phenoxy) is 2. The van der Waals surface area contributed by atoms with Gasteiger partial charge in [-0.1, -0.05) is 20.8 Å². The van der Waals surface area contributed by atoms with Crippen molar-refractivity contribution in [2.45, 2.75) is 57.5 Å². The number of ketones is 1. The third-order valence-corrected chi connectivity index (χ3v) is 8.63. The largest absolute Gasteiger partial charge is 0.541 e. The zero-order valence-electron chi connectivity index (χ0n) is 12.5. The minimum atomic E-state index is -1.96. The van der Waals surface area contributed by atoms with Crippen LogP contribution in [-0.4, -0.2) is 33.1 Å². The van der Waals surface area contributed by atoms with Crippen LogP contribution in [0, 0.1) is 0 Å². The van der Waals surface area contributed by atoms with Gasteiger partial charge in [-0.25, -0.2) is 0 Å². The molecule has 19 heavy (non-hydrogen) atoms. The molecule has 1 aliphatic carbocycles. The number of carbonyl (C=O) groups excluding carboxylic acids is 1. The minimum absolute atomic E-state index is 0.00187. The highest BCUT2D eigenvalue weighted by atomic mass is 28.4. The molecule has 0 aromatic heterocycles. The second-order valence-corrected chi connectivity index (χ2v) is 11.6. The van der Waals surface area contributed by atoms with Crippen LogP contribution in [0.2, 0.25) is 18.1 Å². The van der Waals surface area contributed by atoms with Gasteiger partial charge in [0.25, 0.3) is 8.32 Å². The standard InChI is InChI=1S/C14H24O4Si/c1-13(2,3)19(4,5)18-12-6-7-14(10-11(12)15)16-8-9-17-14/h6H,7-10H2,1-5H3. The second-order valence-electron chi connectivity index (χ2n) is 6.84. The number of Topliss-reactive ketones (excluding diaryl/α,β-unsaturated/α-hetero) is 1. The lowest BCUT2D eigenvalue weighted by molar-refractivity contribution is -0.169. The Bertz CT molecular complexity index is 400. The van der Waals surface area contributed by atoms with E-state index >= 15 is 0 Å². The molecule has 2 aliphatic rings. The third kappa shape index (κ3) is 2.93. The maximum absolute atomic E-state index is 12.2. The van der Waals surface area contributed by atoms with Gasteiger partial charge in [0.05, 0.1) is 19.6 Å². The number of hydrogen-bond acceptors (Lipinski definition) is 4. The minimum Gasteiger partial charge on any atom is -0.541 e. The normalized spacial score (nSPS) is 23.6. The van der Waals surface area contributed by atoms with Crippen LogP contribution in [0.15, 0.2) is 11.8 Å². The van der Waals surface area contributed by atoms with Gasteiger partial charge in [0, 0.05) is 6.42 Å². The highest BCUT2D eigenvalue weighted by Crippen LogP contribution is 2.40. The Hall–Kier alpha value is -0.653. The second kappa shape index (κ2) is 4.72. The molecule has 108 valence electrons. The number of allylic oxidation sites excluding steroid dienone is 1. The molecule has 0 aromatic rings. The van der Waals surface area contributed by atoms with Gasteiger partial charge in [-0.15, -0.1) is 0 Å². The van der Waals surface area contributed by atoms with Crippen molar-refractivity contribution < 1.29 is 18.7 Å². The first kappa shape index (κ1) is 14.7. The predicted octanol–water partition coefficient (Wildman–Crippen LogP) is 3.00. The first-order valence-corrected chi connectivity index (χ1v) is 9.76. The van der Waals surface area contributed by atoms with Crippen molar-refractivity contribution in [3.63, 3.8) is 0 Å². The van der Waals surface area contributed by atoms with Crippen molar-refractivity contribution >= 4 is 14.1 Å². The van der Waals surface area contributed by atoms with Gasteiger partial charge < -0.3 is 13.9 Å². The predicted molar refractivity (Wildman–Crippen MR) is 75.2 cm³/mol. The molecule has 1 spiro atoms. The van der Waals surface area contributed by atoms with Crippen LogP contribution in [0.4, 0.5) is 0 Å². The fraction of sp³-hybridized carbons (Fsp3) is 0.786. The summed E-state index contributed by atoms with van der Waals surface area (Å²) >= 11 is 0. The van der Waals surface area contributed by atoms with E-state index < -0.39 is 14.1 Å². The summed E-state index contributed by atoms with van der Waals surface area (Å²) < 4.78 is 17.2. The van der Waals surface area contributed by atoms with Crippen LogP contribution in [0.25, 0.3) is 0 Å². The molecular weight excluding hydrogens is 260 g/mol. The lowest BCUT2D eigenvalue weighted by Crippen LogP contribution is -2.44. The Labute approximate surface area is 116 Å². The Morgan fingerprint density at radius 3 is 2.32 bits per heavy atom. The maximum Gasteiger partial charge on any atom is 0.250 e. The van der Waals surface area contributed by atoms with Crippen molar-refractivity contribution in [3.05, 3.63) is 11.8 Å². The summed E-state index contributed by atoms with van der Waals surface area (Å²) in [5.74, 6) is -0.202. The van der Waals surface area contributed by atoms with Gasteiger partial charge in [-0.2, -0.15) is 0 Å².